The van der Waals surface area contributed by atoms with Gasteiger partial charge < -0.3 is 9.87 Å². The predicted molar refractivity (Wildman–Crippen MR) is 88.4 cm³/mol. The Bertz CT molecular complexity index is 841. The van der Waals surface area contributed by atoms with Crippen molar-refractivity contribution in [1.29, 1.82) is 0 Å². The largest absolute Gasteiger partial charge is 0.760 e. The van der Waals surface area contributed by atoms with Crippen LogP contribution in [0.5, 0.6) is 0 Å². The van der Waals surface area contributed by atoms with Crippen molar-refractivity contribution in [3.63, 3.8) is 0 Å². The normalized spacial score (nSPS) is 21.9. The molecule has 3 unspecified atom stereocenters. The first-order chi connectivity index (χ1) is 12.5. The molecule has 0 aromatic heterocycles. The number of hydrogen-bond donors (Lipinski definition) is 2. The minimum absolute atomic E-state index is 0.0220. The van der Waals surface area contributed by atoms with Crippen LogP contribution >= 0.6 is 0 Å². The Morgan fingerprint density at radius 1 is 1.38 bits per heavy atom. The average molecular weight is 381 g/mol. The summed E-state index contributed by atoms with van der Waals surface area (Å²) in [4.78, 5) is 12.7. The Hall–Kier alpha value is -2.30. The van der Waals surface area contributed by atoms with E-state index in [0.717, 1.165) is 12.1 Å². The van der Waals surface area contributed by atoms with Crippen molar-refractivity contribution in [2.45, 2.75) is 19.0 Å². The van der Waals surface area contributed by atoms with Crippen LogP contribution in [0, 0.1) is 17.6 Å². The van der Waals surface area contributed by atoms with Gasteiger partial charge in [-0.25, -0.2) is 13.5 Å². The standard InChI is InChI=1S/C16H16F2N4O3S/c17-10-6-9(2-1-4-21-26(24)25)14(18)12(7-10)15(23)13-8-19-16-11(13)3-5-20-22-16/h3,5-8,11,16,19,21H,1-2,4H2,(H,24,25)/p-1. The Balaban J connectivity index is 1.79. The van der Waals surface area contributed by atoms with Crippen LogP contribution in [0.2, 0.25) is 0 Å². The Morgan fingerprint density at radius 2 is 2.19 bits per heavy atom. The molecule has 0 aliphatic carbocycles. The zero-order chi connectivity index (χ0) is 18.7. The maximum atomic E-state index is 14.7. The summed E-state index contributed by atoms with van der Waals surface area (Å²) in [6, 6.07) is 1.88. The van der Waals surface area contributed by atoms with E-state index in [1.165, 1.54) is 12.4 Å². The van der Waals surface area contributed by atoms with Crippen molar-refractivity contribution in [2.75, 3.05) is 6.54 Å². The van der Waals surface area contributed by atoms with Gasteiger partial charge in [0.15, 0.2) is 5.78 Å². The van der Waals surface area contributed by atoms with Gasteiger partial charge in [-0.1, -0.05) is 6.08 Å². The number of carbonyl (C=O) groups excluding carboxylic acids is 1. The van der Waals surface area contributed by atoms with Crippen molar-refractivity contribution in [1.82, 2.24) is 10.0 Å². The molecule has 2 aliphatic heterocycles. The maximum Gasteiger partial charge on any atom is 0.194 e. The minimum Gasteiger partial charge on any atom is -0.760 e. The molecule has 138 valence electrons. The van der Waals surface area contributed by atoms with E-state index in [1.54, 1.807) is 6.08 Å². The third-order valence-corrected chi connectivity index (χ3v) is 4.56. The monoisotopic (exact) mass is 381 g/mol. The van der Waals surface area contributed by atoms with Gasteiger partial charge in [-0.3, -0.25) is 9.00 Å². The highest BCUT2D eigenvalue weighted by molar-refractivity contribution is 7.77. The number of nitrogens with one attached hydrogen (secondary N) is 2. The number of benzene rings is 1. The lowest BCUT2D eigenvalue weighted by Gasteiger charge is -2.17. The van der Waals surface area contributed by atoms with Crippen LogP contribution in [0.4, 0.5) is 8.78 Å². The molecule has 3 rings (SSSR count). The lowest BCUT2D eigenvalue weighted by atomic mass is 9.91. The molecular formula is C16H15F2N4O3S-. The van der Waals surface area contributed by atoms with Gasteiger partial charge in [0.25, 0.3) is 0 Å². The molecule has 0 bridgehead atoms. The summed E-state index contributed by atoms with van der Waals surface area (Å²) in [6.45, 7) is 0.0873. The molecule has 2 heterocycles. The molecule has 0 fully saturated rings. The molecule has 2 aliphatic rings. The third-order valence-electron chi connectivity index (χ3n) is 4.12. The molecule has 0 saturated carbocycles. The summed E-state index contributed by atoms with van der Waals surface area (Å²) < 4.78 is 51.6. The van der Waals surface area contributed by atoms with E-state index in [9.17, 15) is 22.3 Å². The average Bonchev–Trinajstić information content (AvgIpc) is 3.04. The molecule has 7 nitrogen and oxygen atoms in total. The highest BCUT2D eigenvalue weighted by Gasteiger charge is 2.34. The first kappa shape index (κ1) is 18.5. The van der Waals surface area contributed by atoms with Crippen LogP contribution in [0.3, 0.4) is 0 Å². The highest BCUT2D eigenvalue weighted by Crippen LogP contribution is 2.30. The van der Waals surface area contributed by atoms with Gasteiger partial charge in [0.2, 0.25) is 0 Å². The molecule has 0 spiro atoms. The van der Waals surface area contributed by atoms with E-state index in [0.29, 0.717) is 0 Å². The van der Waals surface area contributed by atoms with E-state index in [1.807, 2.05) is 0 Å². The number of nitrogens with zero attached hydrogens (tertiary/aromatic N) is 2. The van der Waals surface area contributed by atoms with Gasteiger partial charge in [-0.2, -0.15) is 10.2 Å². The summed E-state index contributed by atoms with van der Waals surface area (Å²) >= 11 is -2.41. The fraction of sp³-hybridized carbons (Fsp3) is 0.312. The number of hydrogen-bond acceptors (Lipinski definition) is 6. The van der Waals surface area contributed by atoms with Crippen LogP contribution < -0.4 is 10.0 Å². The molecule has 0 radical (unpaired) electrons. The Labute approximate surface area is 150 Å². The van der Waals surface area contributed by atoms with Crippen molar-refractivity contribution in [3.8, 4) is 0 Å². The van der Waals surface area contributed by atoms with E-state index in [4.69, 9.17) is 0 Å². The zero-order valence-corrected chi connectivity index (χ0v) is 14.3. The molecule has 2 N–H and O–H groups in total. The predicted octanol–water partition coefficient (Wildman–Crippen LogP) is 1.87. The SMILES string of the molecule is O=C(C1=CNC2N=NC=CC12)c1cc(F)cc(CCCNS(=O)[O-])c1F. The number of Topliss-reactive ketones (excluding diaryl/α,β-unsaturated/α-hetero) is 1. The summed E-state index contributed by atoms with van der Waals surface area (Å²) in [7, 11) is 0. The van der Waals surface area contributed by atoms with Gasteiger partial charge >= 0.3 is 0 Å². The Kier molecular flexibility index (Phi) is 5.64. The molecule has 1 aromatic rings. The van der Waals surface area contributed by atoms with Crippen LogP contribution in [-0.2, 0) is 17.7 Å². The van der Waals surface area contributed by atoms with Crippen molar-refractivity contribution in [2.24, 2.45) is 16.1 Å². The summed E-state index contributed by atoms with van der Waals surface area (Å²) in [5, 5.41) is 10.6. The van der Waals surface area contributed by atoms with Crippen molar-refractivity contribution in [3.05, 3.63) is 58.9 Å². The second-order valence-corrected chi connectivity index (χ2v) is 6.56. The lowest BCUT2D eigenvalue weighted by Crippen LogP contribution is -2.26. The number of azo groups is 1. The number of fused-ring (bicyclic) bond motifs is 1. The Morgan fingerprint density at radius 3 is 2.96 bits per heavy atom. The van der Waals surface area contributed by atoms with Crippen LogP contribution in [0.25, 0.3) is 0 Å². The first-order valence-electron chi connectivity index (χ1n) is 7.85. The van der Waals surface area contributed by atoms with Gasteiger partial charge in [-0.15, -0.1) is 0 Å². The quantitative estimate of drug-likeness (QED) is 0.427. The molecule has 0 saturated heterocycles. The second-order valence-electron chi connectivity index (χ2n) is 5.80. The number of carbonyl (C=O) groups is 1. The van der Waals surface area contributed by atoms with E-state index < -0.39 is 34.8 Å². The lowest BCUT2D eigenvalue weighted by molar-refractivity contribution is 0.102. The fourth-order valence-electron chi connectivity index (χ4n) is 2.90. The smallest absolute Gasteiger partial charge is 0.194 e. The number of ketones is 1. The molecule has 3 atom stereocenters. The zero-order valence-electron chi connectivity index (χ0n) is 13.4. The van der Waals surface area contributed by atoms with Gasteiger partial charge in [-0.05, 0) is 30.5 Å². The molecule has 10 heteroatoms. The van der Waals surface area contributed by atoms with Gasteiger partial charge in [0, 0.05) is 35.8 Å². The first-order valence-corrected chi connectivity index (χ1v) is 8.93. The van der Waals surface area contributed by atoms with E-state index in [2.05, 4.69) is 20.3 Å². The second kappa shape index (κ2) is 7.94. The van der Waals surface area contributed by atoms with Crippen molar-refractivity contribution >= 4 is 17.0 Å². The van der Waals surface area contributed by atoms with Crippen LogP contribution in [-0.4, -0.2) is 27.3 Å². The molecule has 1 aromatic carbocycles. The van der Waals surface area contributed by atoms with Crippen LogP contribution in [0.1, 0.15) is 22.3 Å². The van der Waals surface area contributed by atoms with Gasteiger partial charge in [0.05, 0.1) is 11.5 Å². The van der Waals surface area contributed by atoms with Crippen LogP contribution in [0.15, 0.2) is 46.4 Å². The van der Waals surface area contributed by atoms with Gasteiger partial charge in [0.1, 0.15) is 17.8 Å². The summed E-state index contributed by atoms with van der Waals surface area (Å²) in [6.07, 6.45) is 4.51. The highest BCUT2D eigenvalue weighted by atomic mass is 32.2. The van der Waals surface area contributed by atoms with Crippen molar-refractivity contribution < 1.29 is 22.3 Å². The topological polar surface area (TPSA) is 106 Å². The maximum absolute atomic E-state index is 14.7. The van der Waals surface area contributed by atoms with E-state index >= 15 is 0 Å². The number of halogens is 2. The minimum atomic E-state index is -2.41. The van der Waals surface area contributed by atoms with E-state index in [-0.39, 0.29) is 42.0 Å². The summed E-state index contributed by atoms with van der Waals surface area (Å²) in [5.41, 5.74) is -0.0532. The molecule has 26 heavy (non-hydrogen) atoms. The third kappa shape index (κ3) is 3.92. The number of aryl methyl sites for hydroxylation is 1. The molecular weight excluding hydrogens is 366 g/mol. The fourth-order valence-corrected chi connectivity index (χ4v) is 3.21. The summed E-state index contributed by atoms with van der Waals surface area (Å²) in [5.74, 6) is -2.54. The number of rotatable bonds is 7. The molecule has 0 amide bonds.